The van der Waals surface area contributed by atoms with Gasteiger partial charge in [-0.2, -0.15) is 0 Å². The van der Waals surface area contributed by atoms with Crippen LogP contribution in [0.3, 0.4) is 0 Å². The molecule has 0 amide bonds. The summed E-state index contributed by atoms with van der Waals surface area (Å²) in [5.74, 6) is 0.371. The van der Waals surface area contributed by atoms with Gasteiger partial charge in [-0.05, 0) is 44.6 Å². The maximum Gasteiger partial charge on any atom is 0.0795 e. The molecule has 0 saturated carbocycles. The first-order valence-electron chi connectivity index (χ1n) is 6.62. The Kier molecular flexibility index (Phi) is 6.45. The first kappa shape index (κ1) is 14.7. The minimum absolute atomic E-state index is 0.371. The quantitative estimate of drug-likeness (QED) is 0.692. The average molecular weight is 244 g/mol. The number of aliphatic hydroxyl groups is 1. The van der Waals surface area contributed by atoms with Crippen molar-refractivity contribution in [3.63, 3.8) is 0 Å². The zero-order valence-corrected chi connectivity index (χ0v) is 11.5. The van der Waals surface area contributed by atoms with Crippen LogP contribution in [0.25, 0.3) is 0 Å². The monoisotopic (exact) mass is 244 g/mol. The minimum atomic E-state index is -0.388. The van der Waals surface area contributed by atoms with Gasteiger partial charge in [-0.25, -0.2) is 0 Å². The van der Waals surface area contributed by atoms with Crippen LogP contribution < -0.4 is 0 Å². The van der Waals surface area contributed by atoms with Crippen LogP contribution in [0.2, 0.25) is 0 Å². The summed E-state index contributed by atoms with van der Waals surface area (Å²) in [6.45, 7) is 8.10. The summed E-state index contributed by atoms with van der Waals surface area (Å²) >= 11 is 0. The third kappa shape index (κ3) is 5.33. The van der Waals surface area contributed by atoms with Crippen molar-refractivity contribution in [1.82, 2.24) is 0 Å². The molecule has 0 heterocycles. The summed E-state index contributed by atoms with van der Waals surface area (Å²) in [5.41, 5.74) is 2.34. The van der Waals surface area contributed by atoms with Gasteiger partial charge in [-0.1, -0.05) is 48.1 Å². The molecule has 1 aromatic carbocycles. The third-order valence-corrected chi connectivity index (χ3v) is 3.13. The lowest BCUT2D eigenvalue weighted by atomic mass is 9.93. The highest BCUT2D eigenvalue weighted by Gasteiger charge is 2.12. The van der Waals surface area contributed by atoms with E-state index in [-0.39, 0.29) is 6.10 Å². The van der Waals surface area contributed by atoms with Crippen LogP contribution in [-0.2, 0) is 0 Å². The van der Waals surface area contributed by atoms with Gasteiger partial charge in [-0.15, -0.1) is 6.58 Å². The Hall–Kier alpha value is -1.34. The number of hydrogen-bond acceptors (Lipinski definition) is 1. The second kappa shape index (κ2) is 7.88. The summed E-state index contributed by atoms with van der Waals surface area (Å²) < 4.78 is 0. The SMILES string of the molecule is C=C[C@H](CCC=C(C)C)C[C@@H](O)c1ccccc1. The number of aliphatic hydroxyl groups excluding tert-OH is 1. The second-order valence-electron chi connectivity index (χ2n) is 5.02. The van der Waals surface area contributed by atoms with Gasteiger partial charge in [0.15, 0.2) is 0 Å². The Morgan fingerprint density at radius 1 is 1.28 bits per heavy atom. The highest BCUT2D eigenvalue weighted by atomic mass is 16.3. The van der Waals surface area contributed by atoms with Crippen LogP contribution in [0.5, 0.6) is 0 Å². The van der Waals surface area contributed by atoms with Crippen molar-refractivity contribution in [1.29, 1.82) is 0 Å². The molecule has 0 aliphatic rings. The highest BCUT2D eigenvalue weighted by molar-refractivity contribution is 5.17. The largest absolute Gasteiger partial charge is 0.388 e. The van der Waals surface area contributed by atoms with Gasteiger partial charge in [0.05, 0.1) is 6.10 Å². The molecule has 0 unspecified atom stereocenters. The molecule has 0 aliphatic heterocycles. The van der Waals surface area contributed by atoms with Crippen molar-refractivity contribution >= 4 is 0 Å². The van der Waals surface area contributed by atoms with Crippen molar-refractivity contribution < 1.29 is 5.11 Å². The smallest absolute Gasteiger partial charge is 0.0795 e. The standard InChI is InChI=1S/C17H24O/c1-4-15(10-8-9-14(2)3)13-17(18)16-11-6-5-7-12-16/h4-7,9,11-12,15,17-18H,1,8,10,13H2,2-3H3/t15-,17-/m1/s1. The number of hydrogen-bond donors (Lipinski definition) is 1. The predicted molar refractivity (Wildman–Crippen MR) is 78.4 cm³/mol. The van der Waals surface area contributed by atoms with Crippen molar-refractivity contribution in [3.05, 3.63) is 60.2 Å². The van der Waals surface area contributed by atoms with Gasteiger partial charge in [-0.3, -0.25) is 0 Å². The molecule has 0 saturated heterocycles. The number of allylic oxidation sites excluding steroid dienone is 3. The minimum Gasteiger partial charge on any atom is -0.388 e. The molecule has 0 aliphatic carbocycles. The predicted octanol–water partition coefficient (Wildman–Crippen LogP) is 4.66. The molecule has 2 atom stereocenters. The Balaban J connectivity index is 2.48. The Morgan fingerprint density at radius 2 is 1.94 bits per heavy atom. The summed E-state index contributed by atoms with van der Waals surface area (Å²) in [4.78, 5) is 0. The van der Waals surface area contributed by atoms with Crippen LogP contribution in [0.1, 0.15) is 44.8 Å². The molecule has 98 valence electrons. The van der Waals surface area contributed by atoms with Crippen LogP contribution in [-0.4, -0.2) is 5.11 Å². The molecule has 1 nitrogen and oxygen atoms in total. The molecule has 18 heavy (non-hydrogen) atoms. The molecule has 1 rings (SSSR count). The van der Waals surface area contributed by atoms with E-state index in [1.165, 1.54) is 5.57 Å². The molecule has 1 heteroatoms. The molecular weight excluding hydrogens is 220 g/mol. The van der Waals surface area contributed by atoms with E-state index in [0.29, 0.717) is 5.92 Å². The van der Waals surface area contributed by atoms with Gasteiger partial charge in [0.25, 0.3) is 0 Å². The van der Waals surface area contributed by atoms with Gasteiger partial charge < -0.3 is 5.11 Å². The maximum atomic E-state index is 10.2. The molecule has 0 spiro atoms. The van der Waals surface area contributed by atoms with E-state index in [2.05, 4.69) is 26.5 Å². The van der Waals surface area contributed by atoms with Crippen molar-refractivity contribution in [2.45, 2.75) is 39.2 Å². The Labute approximate surface area is 111 Å². The second-order valence-corrected chi connectivity index (χ2v) is 5.02. The summed E-state index contributed by atoms with van der Waals surface area (Å²) in [6, 6.07) is 9.84. The lowest BCUT2D eigenvalue weighted by molar-refractivity contribution is 0.151. The highest BCUT2D eigenvalue weighted by Crippen LogP contribution is 2.24. The molecule has 0 radical (unpaired) electrons. The van der Waals surface area contributed by atoms with Crippen LogP contribution >= 0.6 is 0 Å². The van der Waals surface area contributed by atoms with E-state index in [0.717, 1.165) is 24.8 Å². The maximum absolute atomic E-state index is 10.2. The average Bonchev–Trinajstić information content (AvgIpc) is 2.38. The molecule has 0 aromatic heterocycles. The lowest BCUT2D eigenvalue weighted by Gasteiger charge is -2.17. The molecule has 0 fully saturated rings. The van der Waals surface area contributed by atoms with Crippen LogP contribution in [0.4, 0.5) is 0 Å². The fraction of sp³-hybridized carbons (Fsp3) is 0.412. The number of rotatable bonds is 7. The fourth-order valence-corrected chi connectivity index (χ4v) is 2.02. The summed E-state index contributed by atoms with van der Waals surface area (Å²) in [6.07, 6.45) is 6.68. The Morgan fingerprint density at radius 3 is 2.50 bits per heavy atom. The lowest BCUT2D eigenvalue weighted by Crippen LogP contribution is -2.05. The summed E-state index contributed by atoms with van der Waals surface area (Å²) in [5, 5.41) is 10.2. The molecule has 1 aromatic rings. The van der Waals surface area contributed by atoms with E-state index in [9.17, 15) is 5.11 Å². The summed E-state index contributed by atoms with van der Waals surface area (Å²) in [7, 11) is 0. The Bertz CT molecular complexity index is 374. The van der Waals surface area contributed by atoms with E-state index >= 15 is 0 Å². The zero-order valence-electron chi connectivity index (χ0n) is 11.5. The van der Waals surface area contributed by atoms with E-state index in [1.807, 2.05) is 36.4 Å². The van der Waals surface area contributed by atoms with Gasteiger partial charge >= 0.3 is 0 Å². The van der Waals surface area contributed by atoms with Crippen LogP contribution in [0.15, 0.2) is 54.6 Å². The molecular formula is C17H24O. The normalized spacial score (nSPS) is 13.7. The van der Waals surface area contributed by atoms with Crippen molar-refractivity contribution in [2.75, 3.05) is 0 Å². The van der Waals surface area contributed by atoms with Gasteiger partial charge in [0, 0.05) is 0 Å². The van der Waals surface area contributed by atoms with E-state index in [4.69, 9.17) is 0 Å². The van der Waals surface area contributed by atoms with E-state index in [1.54, 1.807) is 0 Å². The van der Waals surface area contributed by atoms with Crippen LogP contribution in [0, 0.1) is 5.92 Å². The van der Waals surface area contributed by atoms with E-state index < -0.39 is 0 Å². The first-order chi connectivity index (χ1) is 8.63. The first-order valence-corrected chi connectivity index (χ1v) is 6.62. The molecule has 0 bridgehead atoms. The topological polar surface area (TPSA) is 20.2 Å². The third-order valence-electron chi connectivity index (χ3n) is 3.13. The van der Waals surface area contributed by atoms with Crippen molar-refractivity contribution in [2.24, 2.45) is 5.92 Å². The van der Waals surface area contributed by atoms with Gasteiger partial charge in [0.1, 0.15) is 0 Å². The zero-order chi connectivity index (χ0) is 13.4. The van der Waals surface area contributed by atoms with Gasteiger partial charge in [0.2, 0.25) is 0 Å². The molecule has 1 N–H and O–H groups in total. The fourth-order valence-electron chi connectivity index (χ4n) is 2.02. The van der Waals surface area contributed by atoms with Crippen molar-refractivity contribution in [3.8, 4) is 0 Å². The number of benzene rings is 1.